The maximum atomic E-state index is 11.6. The number of nitrogens with one attached hydrogen (secondary N) is 1. The van der Waals surface area contributed by atoms with Gasteiger partial charge in [0.1, 0.15) is 10.7 Å². The minimum atomic E-state index is -0.270. The number of amides is 1. The first-order valence-electron chi connectivity index (χ1n) is 3.96. The molecule has 0 fully saturated rings. The molecular weight excluding hydrogens is 280 g/mol. The number of anilines is 1. The van der Waals surface area contributed by atoms with Gasteiger partial charge in [-0.25, -0.2) is 4.98 Å². The van der Waals surface area contributed by atoms with Crippen molar-refractivity contribution in [3.05, 3.63) is 34.7 Å². The summed E-state index contributed by atoms with van der Waals surface area (Å²) in [7, 11) is 0. The van der Waals surface area contributed by atoms with Crippen molar-refractivity contribution in [3.8, 4) is 0 Å². The second-order valence-corrected chi connectivity index (χ2v) is 4.30. The molecule has 1 amide bonds. The van der Waals surface area contributed by atoms with Gasteiger partial charge in [0, 0.05) is 22.2 Å². The first-order chi connectivity index (χ1) is 7.25. The molecule has 0 aliphatic heterocycles. The normalized spacial score (nSPS) is 9.93. The molecular formula is C8H5BrN4OS. The summed E-state index contributed by atoms with van der Waals surface area (Å²) in [5, 5.41) is 6.84. The highest BCUT2D eigenvalue weighted by Crippen LogP contribution is 2.12. The van der Waals surface area contributed by atoms with Gasteiger partial charge >= 0.3 is 0 Å². The minimum absolute atomic E-state index is 0.270. The Hall–Kier alpha value is -1.34. The maximum Gasteiger partial charge on any atom is 0.274 e. The quantitative estimate of drug-likeness (QED) is 0.915. The summed E-state index contributed by atoms with van der Waals surface area (Å²) >= 11 is 4.36. The molecule has 0 aliphatic rings. The lowest BCUT2D eigenvalue weighted by Gasteiger charge is -1.99. The predicted molar refractivity (Wildman–Crippen MR) is 59.8 cm³/mol. The fraction of sp³-hybridized carbons (Fsp3) is 0. The van der Waals surface area contributed by atoms with Gasteiger partial charge in [-0.05, 0) is 28.1 Å². The molecule has 0 saturated heterocycles. The van der Waals surface area contributed by atoms with Crippen LogP contribution in [-0.4, -0.2) is 20.5 Å². The van der Waals surface area contributed by atoms with Crippen LogP contribution in [0.2, 0.25) is 0 Å². The Labute approximate surface area is 97.8 Å². The van der Waals surface area contributed by atoms with Gasteiger partial charge in [0.15, 0.2) is 0 Å². The van der Waals surface area contributed by atoms with E-state index in [1.54, 1.807) is 18.3 Å². The van der Waals surface area contributed by atoms with Crippen molar-refractivity contribution in [3.63, 3.8) is 0 Å². The Morgan fingerprint density at radius 1 is 1.40 bits per heavy atom. The Bertz CT molecular complexity index is 456. The van der Waals surface area contributed by atoms with Gasteiger partial charge in [-0.15, -0.1) is 5.10 Å². The molecule has 0 radical (unpaired) electrons. The SMILES string of the molecule is O=C(Nc1cnns1)c1ccc(Br)cn1. The van der Waals surface area contributed by atoms with Crippen molar-refractivity contribution in [1.82, 2.24) is 14.6 Å². The number of hydrogen-bond acceptors (Lipinski definition) is 5. The fourth-order valence-corrected chi connectivity index (χ4v) is 1.56. The molecule has 0 unspecified atom stereocenters. The summed E-state index contributed by atoms with van der Waals surface area (Å²) in [6, 6.07) is 3.39. The molecule has 0 saturated carbocycles. The summed E-state index contributed by atoms with van der Waals surface area (Å²) < 4.78 is 4.46. The molecule has 2 aromatic rings. The number of carbonyl (C=O) groups excluding carboxylic acids is 1. The van der Waals surface area contributed by atoms with Crippen LogP contribution in [0.15, 0.2) is 29.0 Å². The number of nitrogens with zero attached hydrogens (tertiary/aromatic N) is 3. The van der Waals surface area contributed by atoms with Gasteiger partial charge < -0.3 is 5.32 Å². The van der Waals surface area contributed by atoms with Crippen LogP contribution < -0.4 is 5.32 Å². The highest BCUT2D eigenvalue weighted by atomic mass is 79.9. The Kier molecular flexibility index (Phi) is 3.02. The molecule has 2 aromatic heterocycles. The average molecular weight is 285 g/mol. The van der Waals surface area contributed by atoms with E-state index in [-0.39, 0.29) is 5.91 Å². The van der Waals surface area contributed by atoms with Crippen molar-refractivity contribution in [2.24, 2.45) is 0 Å². The lowest BCUT2D eigenvalue weighted by molar-refractivity contribution is 0.102. The van der Waals surface area contributed by atoms with Crippen molar-refractivity contribution in [2.75, 3.05) is 5.32 Å². The van der Waals surface area contributed by atoms with E-state index in [0.29, 0.717) is 10.7 Å². The second kappa shape index (κ2) is 4.45. The van der Waals surface area contributed by atoms with Crippen LogP contribution in [0.25, 0.3) is 0 Å². The monoisotopic (exact) mass is 284 g/mol. The number of hydrogen-bond donors (Lipinski definition) is 1. The molecule has 0 aromatic carbocycles. The molecule has 1 N–H and O–H groups in total. The Balaban J connectivity index is 2.11. The second-order valence-electron chi connectivity index (χ2n) is 2.60. The predicted octanol–water partition coefficient (Wildman–Crippen LogP) is 1.95. The van der Waals surface area contributed by atoms with Gasteiger partial charge in [-0.3, -0.25) is 4.79 Å². The topological polar surface area (TPSA) is 67.8 Å². The van der Waals surface area contributed by atoms with E-state index in [0.717, 1.165) is 16.0 Å². The summed E-state index contributed by atoms with van der Waals surface area (Å²) in [6.07, 6.45) is 3.06. The lowest BCUT2D eigenvalue weighted by atomic mass is 10.3. The molecule has 2 rings (SSSR count). The zero-order valence-electron chi connectivity index (χ0n) is 7.35. The molecule has 0 atom stereocenters. The Morgan fingerprint density at radius 2 is 2.27 bits per heavy atom. The molecule has 2 heterocycles. The number of aromatic nitrogens is 3. The smallest absolute Gasteiger partial charge is 0.274 e. The summed E-state index contributed by atoms with van der Waals surface area (Å²) in [6.45, 7) is 0. The standard InChI is InChI=1S/C8H5BrN4OS/c9-5-1-2-6(10-3-5)8(14)12-7-4-11-13-15-7/h1-4H,(H,12,14). The van der Waals surface area contributed by atoms with Crippen molar-refractivity contribution >= 4 is 38.4 Å². The van der Waals surface area contributed by atoms with Gasteiger partial charge in [0.25, 0.3) is 5.91 Å². The number of pyridine rings is 1. The highest BCUT2D eigenvalue weighted by molar-refractivity contribution is 9.10. The highest BCUT2D eigenvalue weighted by Gasteiger charge is 2.08. The van der Waals surface area contributed by atoms with Crippen LogP contribution in [0.4, 0.5) is 5.00 Å². The van der Waals surface area contributed by atoms with E-state index < -0.39 is 0 Å². The van der Waals surface area contributed by atoms with E-state index in [1.165, 1.54) is 6.20 Å². The van der Waals surface area contributed by atoms with Crippen LogP contribution in [0, 0.1) is 0 Å². The van der Waals surface area contributed by atoms with Crippen molar-refractivity contribution in [2.45, 2.75) is 0 Å². The third-order valence-corrected chi connectivity index (χ3v) is 2.61. The van der Waals surface area contributed by atoms with E-state index >= 15 is 0 Å². The molecule has 0 aliphatic carbocycles. The van der Waals surface area contributed by atoms with Gasteiger partial charge in [0.05, 0.1) is 6.20 Å². The van der Waals surface area contributed by atoms with Crippen LogP contribution in [0.1, 0.15) is 10.5 Å². The van der Waals surface area contributed by atoms with E-state index in [9.17, 15) is 4.79 Å². The van der Waals surface area contributed by atoms with Gasteiger partial charge in [-0.2, -0.15) is 0 Å². The zero-order chi connectivity index (χ0) is 10.7. The zero-order valence-corrected chi connectivity index (χ0v) is 9.75. The largest absolute Gasteiger partial charge is 0.310 e. The fourth-order valence-electron chi connectivity index (χ4n) is 0.908. The van der Waals surface area contributed by atoms with Crippen LogP contribution in [0.3, 0.4) is 0 Å². The first kappa shape index (κ1) is 10.2. The van der Waals surface area contributed by atoms with Crippen molar-refractivity contribution < 1.29 is 4.79 Å². The van der Waals surface area contributed by atoms with Gasteiger partial charge in [0.2, 0.25) is 0 Å². The summed E-state index contributed by atoms with van der Waals surface area (Å²) in [4.78, 5) is 15.5. The molecule has 5 nitrogen and oxygen atoms in total. The van der Waals surface area contributed by atoms with Gasteiger partial charge in [-0.1, -0.05) is 4.49 Å². The Morgan fingerprint density at radius 3 is 2.87 bits per heavy atom. The molecule has 7 heteroatoms. The number of rotatable bonds is 2. The summed E-state index contributed by atoms with van der Waals surface area (Å²) in [5.74, 6) is -0.270. The molecule has 76 valence electrons. The number of halogens is 1. The molecule has 15 heavy (non-hydrogen) atoms. The average Bonchev–Trinajstić information content (AvgIpc) is 2.71. The minimum Gasteiger partial charge on any atom is -0.310 e. The van der Waals surface area contributed by atoms with Crippen LogP contribution in [0.5, 0.6) is 0 Å². The van der Waals surface area contributed by atoms with Crippen LogP contribution >= 0.6 is 27.5 Å². The van der Waals surface area contributed by atoms with Crippen LogP contribution in [-0.2, 0) is 0 Å². The third kappa shape index (κ3) is 2.57. The first-order valence-corrected chi connectivity index (χ1v) is 5.52. The third-order valence-electron chi connectivity index (χ3n) is 1.56. The van der Waals surface area contributed by atoms with E-state index in [1.807, 2.05) is 0 Å². The number of carbonyl (C=O) groups is 1. The lowest BCUT2D eigenvalue weighted by Crippen LogP contribution is -2.12. The molecule has 0 bridgehead atoms. The van der Waals surface area contributed by atoms with E-state index in [4.69, 9.17) is 0 Å². The van der Waals surface area contributed by atoms with Crippen molar-refractivity contribution in [1.29, 1.82) is 0 Å². The maximum absolute atomic E-state index is 11.6. The molecule has 0 spiro atoms. The summed E-state index contributed by atoms with van der Waals surface area (Å²) in [5.41, 5.74) is 0.353. The van der Waals surface area contributed by atoms with E-state index in [2.05, 4.69) is 35.8 Å².